The zero-order valence-corrected chi connectivity index (χ0v) is 10.1. The zero-order chi connectivity index (χ0) is 13.0. The molecule has 0 aliphatic rings. The molecule has 0 aliphatic heterocycles. The van der Waals surface area contributed by atoms with Crippen LogP contribution in [-0.4, -0.2) is 29.3 Å². The Hall–Kier alpha value is -2.37. The predicted molar refractivity (Wildman–Crippen MR) is 64.8 cm³/mol. The van der Waals surface area contributed by atoms with Gasteiger partial charge >= 0.3 is 12.0 Å². The number of rotatable bonds is 4. The van der Waals surface area contributed by atoms with Crippen LogP contribution in [-0.2, 0) is 9.53 Å². The van der Waals surface area contributed by atoms with Crippen molar-refractivity contribution in [3.8, 4) is 11.5 Å². The fourth-order valence-corrected chi connectivity index (χ4v) is 1.40. The van der Waals surface area contributed by atoms with Gasteiger partial charge in [0, 0.05) is 5.56 Å². The fraction of sp³-hybridized carbons (Fsp3) is 0.250. The molecule has 1 N–H and O–H groups in total. The highest BCUT2D eigenvalue weighted by atomic mass is 16.5. The van der Waals surface area contributed by atoms with E-state index in [0.29, 0.717) is 5.89 Å². The van der Waals surface area contributed by atoms with E-state index < -0.39 is 12.0 Å². The van der Waals surface area contributed by atoms with Crippen LogP contribution in [0.5, 0.6) is 0 Å². The van der Waals surface area contributed by atoms with Gasteiger partial charge in [0.15, 0.2) is 0 Å². The fourth-order valence-electron chi connectivity index (χ4n) is 1.40. The molecular weight excluding hydrogens is 234 g/mol. The van der Waals surface area contributed by atoms with Crippen molar-refractivity contribution in [2.24, 2.45) is 0 Å². The molecule has 1 atom stereocenters. The van der Waals surface area contributed by atoms with E-state index >= 15 is 0 Å². The lowest BCUT2D eigenvalue weighted by Gasteiger charge is -2.08. The van der Waals surface area contributed by atoms with Gasteiger partial charge in [0.25, 0.3) is 0 Å². The van der Waals surface area contributed by atoms with Crippen molar-refractivity contribution in [3.05, 3.63) is 30.3 Å². The summed E-state index contributed by atoms with van der Waals surface area (Å²) >= 11 is 0. The zero-order valence-electron chi connectivity index (χ0n) is 10.1. The van der Waals surface area contributed by atoms with Gasteiger partial charge < -0.3 is 14.5 Å². The molecule has 0 bridgehead atoms. The third kappa shape index (κ3) is 2.65. The molecule has 18 heavy (non-hydrogen) atoms. The SMILES string of the molecule is COC(=O)[C@@H](C)Nc1nnc(-c2ccccc2)o1. The maximum absolute atomic E-state index is 11.2. The second-order valence-corrected chi connectivity index (χ2v) is 3.67. The Morgan fingerprint density at radius 2 is 2.06 bits per heavy atom. The van der Waals surface area contributed by atoms with Crippen molar-refractivity contribution >= 4 is 12.0 Å². The molecule has 0 radical (unpaired) electrons. The molecule has 0 fully saturated rings. The highest BCUT2D eigenvalue weighted by Crippen LogP contribution is 2.19. The van der Waals surface area contributed by atoms with E-state index in [2.05, 4.69) is 20.3 Å². The molecule has 2 rings (SSSR count). The van der Waals surface area contributed by atoms with Crippen molar-refractivity contribution in [1.29, 1.82) is 0 Å². The van der Waals surface area contributed by atoms with Crippen LogP contribution >= 0.6 is 0 Å². The molecule has 0 unspecified atom stereocenters. The maximum Gasteiger partial charge on any atom is 0.328 e. The molecule has 6 nitrogen and oxygen atoms in total. The van der Waals surface area contributed by atoms with Gasteiger partial charge in [-0.1, -0.05) is 23.3 Å². The third-order valence-electron chi connectivity index (χ3n) is 2.34. The lowest BCUT2D eigenvalue weighted by molar-refractivity contribution is -0.141. The molecule has 1 aromatic carbocycles. The van der Waals surface area contributed by atoms with Crippen LogP contribution in [0.1, 0.15) is 6.92 Å². The Balaban J connectivity index is 2.09. The number of anilines is 1. The van der Waals surface area contributed by atoms with Gasteiger partial charge in [0.1, 0.15) is 6.04 Å². The van der Waals surface area contributed by atoms with Gasteiger partial charge in [-0.15, -0.1) is 5.10 Å². The number of hydrogen-bond donors (Lipinski definition) is 1. The van der Waals surface area contributed by atoms with Gasteiger partial charge in [-0.05, 0) is 19.1 Å². The van der Waals surface area contributed by atoms with Crippen LogP contribution in [0.25, 0.3) is 11.5 Å². The van der Waals surface area contributed by atoms with Gasteiger partial charge in [0.2, 0.25) is 5.89 Å². The van der Waals surface area contributed by atoms with E-state index in [0.717, 1.165) is 5.56 Å². The molecule has 0 amide bonds. The Labute approximate surface area is 104 Å². The number of esters is 1. The number of carbonyl (C=O) groups is 1. The highest BCUT2D eigenvalue weighted by molar-refractivity contribution is 5.77. The lowest BCUT2D eigenvalue weighted by atomic mass is 10.2. The first-order valence-electron chi connectivity index (χ1n) is 5.44. The molecule has 0 aliphatic carbocycles. The first kappa shape index (κ1) is 12.1. The number of aromatic nitrogens is 2. The Morgan fingerprint density at radius 1 is 1.33 bits per heavy atom. The molecule has 0 saturated carbocycles. The maximum atomic E-state index is 11.2. The summed E-state index contributed by atoms with van der Waals surface area (Å²) in [5.74, 6) is 0.00428. The van der Waals surface area contributed by atoms with Gasteiger partial charge in [-0.25, -0.2) is 4.79 Å². The molecule has 2 aromatic rings. The summed E-state index contributed by atoms with van der Waals surface area (Å²) < 4.78 is 9.98. The second kappa shape index (κ2) is 5.31. The van der Waals surface area contributed by atoms with Crippen LogP contribution in [0.2, 0.25) is 0 Å². The Bertz CT molecular complexity index is 524. The second-order valence-electron chi connectivity index (χ2n) is 3.67. The number of hydrogen-bond acceptors (Lipinski definition) is 6. The van der Waals surface area contributed by atoms with Gasteiger partial charge in [-0.2, -0.15) is 0 Å². The summed E-state index contributed by atoms with van der Waals surface area (Å²) in [5.41, 5.74) is 0.823. The Kier molecular flexibility index (Phi) is 3.57. The third-order valence-corrected chi connectivity index (χ3v) is 2.34. The van der Waals surface area contributed by atoms with Crippen LogP contribution in [0.3, 0.4) is 0 Å². The van der Waals surface area contributed by atoms with Crippen LogP contribution in [0, 0.1) is 0 Å². The number of benzene rings is 1. The van der Waals surface area contributed by atoms with Crippen molar-refractivity contribution < 1.29 is 13.9 Å². The van der Waals surface area contributed by atoms with E-state index in [-0.39, 0.29) is 6.01 Å². The van der Waals surface area contributed by atoms with Gasteiger partial charge in [-0.3, -0.25) is 0 Å². The molecule has 1 heterocycles. The molecular formula is C12H13N3O3. The van der Waals surface area contributed by atoms with E-state index in [1.165, 1.54) is 7.11 Å². The first-order chi connectivity index (χ1) is 8.70. The predicted octanol–water partition coefficient (Wildman–Crippen LogP) is 1.71. The Morgan fingerprint density at radius 3 is 2.72 bits per heavy atom. The first-order valence-corrected chi connectivity index (χ1v) is 5.44. The van der Waals surface area contributed by atoms with Crippen molar-refractivity contribution in [2.75, 3.05) is 12.4 Å². The summed E-state index contributed by atoms with van der Waals surface area (Å²) in [6.07, 6.45) is 0. The highest BCUT2D eigenvalue weighted by Gasteiger charge is 2.16. The number of ether oxygens (including phenoxy) is 1. The smallest absolute Gasteiger partial charge is 0.328 e. The quantitative estimate of drug-likeness (QED) is 0.829. The number of carbonyl (C=O) groups excluding carboxylic acids is 1. The average molecular weight is 247 g/mol. The summed E-state index contributed by atoms with van der Waals surface area (Å²) in [4.78, 5) is 11.2. The standard InChI is InChI=1S/C12H13N3O3/c1-8(11(16)17-2)13-12-15-14-10(18-12)9-6-4-3-5-7-9/h3-8H,1-2H3,(H,13,15)/t8-/m1/s1. The van der Waals surface area contributed by atoms with Crippen LogP contribution < -0.4 is 5.32 Å². The van der Waals surface area contributed by atoms with Crippen LogP contribution in [0.4, 0.5) is 6.01 Å². The summed E-state index contributed by atoms with van der Waals surface area (Å²) in [5, 5.41) is 10.5. The minimum atomic E-state index is -0.543. The van der Waals surface area contributed by atoms with Crippen molar-refractivity contribution in [1.82, 2.24) is 10.2 Å². The number of nitrogens with zero attached hydrogens (tertiary/aromatic N) is 2. The van der Waals surface area contributed by atoms with E-state index in [4.69, 9.17) is 4.42 Å². The number of methoxy groups -OCH3 is 1. The summed E-state index contributed by atoms with van der Waals surface area (Å²) in [7, 11) is 1.32. The minimum absolute atomic E-state index is 0.187. The largest absolute Gasteiger partial charge is 0.467 e. The molecule has 94 valence electrons. The average Bonchev–Trinajstić information content (AvgIpc) is 2.87. The summed E-state index contributed by atoms with van der Waals surface area (Å²) in [6, 6.07) is 9.03. The minimum Gasteiger partial charge on any atom is -0.467 e. The molecule has 0 spiro atoms. The monoisotopic (exact) mass is 247 g/mol. The molecule has 1 aromatic heterocycles. The molecule has 0 saturated heterocycles. The van der Waals surface area contributed by atoms with Crippen LogP contribution in [0.15, 0.2) is 34.7 Å². The van der Waals surface area contributed by atoms with Crippen molar-refractivity contribution in [2.45, 2.75) is 13.0 Å². The summed E-state index contributed by atoms with van der Waals surface area (Å²) in [6.45, 7) is 1.65. The van der Waals surface area contributed by atoms with E-state index in [9.17, 15) is 4.79 Å². The normalized spacial score (nSPS) is 11.9. The van der Waals surface area contributed by atoms with E-state index in [1.807, 2.05) is 30.3 Å². The lowest BCUT2D eigenvalue weighted by Crippen LogP contribution is -2.27. The number of nitrogens with one attached hydrogen (secondary N) is 1. The topological polar surface area (TPSA) is 77.2 Å². The van der Waals surface area contributed by atoms with Crippen molar-refractivity contribution in [3.63, 3.8) is 0 Å². The van der Waals surface area contributed by atoms with E-state index in [1.54, 1.807) is 6.92 Å². The van der Waals surface area contributed by atoms with Gasteiger partial charge in [0.05, 0.1) is 7.11 Å². The molecule has 6 heteroatoms.